The molecule has 2 nitrogen and oxygen atoms in total. The predicted octanol–water partition coefficient (Wildman–Crippen LogP) is 3.43. The van der Waals surface area contributed by atoms with E-state index in [0.29, 0.717) is 15.9 Å². The highest BCUT2D eigenvalue weighted by Crippen LogP contribution is 2.22. The van der Waals surface area contributed by atoms with Gasteiger partial charge >= 0.3 is 0 Å². The van der Waals surface area contributed by atoms with Gasteiger partial charge in [-0.2, -0.15) is 0 Å². The summed E-state index contributed by atoms with van der Waals surface area (Å²) in [5, 5.41) is 0. The summed E-state index contributed by atoms with van der Waals surface area (Å²) in [7, 11) is 0. The Morgan fingerprint density at radius 1 is 1.60 bits per heavy atom. The average molecular weight is 249 g/mol. The normalized spacial score (nSPS) is 10.4. The molecule has 0 unspecified atom stereocenters. The summed E-state index contributed by atoms with van der Waals surface area (Å²) in [6.45, 7) is 2.32. The number of thiocarbonyl (C=S) groups is 1. The largest absolute Gasteiger partial charge is 0.479 e. The van der Waals surface area contributed by atoms with E-state index in [1.807, 2.05) is 6.92 Å². The number of hydrogen-bond acceptors (Lipinski definition) is 4. The molecule has 0 spiro atoms. The molecule has 0 fully saturated rings. The van der Waals surface area contributed by atoms with E-state index in [1.165, 1.54) is 24.0 Å². The van der Waals surface area contributed by atoms with Crippen molar-refractivity contribution in [1.82, 2.24) is 4.98 Å². The molecule has 0 aromatic carbocycles. The molecule has 0 saturated heterocycles. The Morgan fingerprint density at radius 3 is 2.80 bits per heavy atom. The van der Waals surface area contributed by atoms with Crippen LogP contribution in [0.3, 0.4) is 0 Å². The summed E-state index contributed by atoms with van der Waals surface area (Å²) >= 11 is 6.07. The maximum absolute atomic E-state index is 12.2. The molecule has 1 rings (SSSR count). The standard InChI is InChI=1S/C9H9F2NOS2/c1-2-13-9(14)15-6-3-4-7(8(10)11)12-5-6/h3-5,8H,2H2,1H3. The molecule has 0 radical (unpaired) electrons. The van der Waals surface area contributed by atoms with Gasteiger partial charge < -0.3 is 4.74 Å². The number of halogens is 2. The van der Waals surface area contributed by atoms with Gasteiger partial charge in [0.2, 0.25) is 4.38 Å². The lowest BCUT2D eigenvalue weighted by Gasteiger charge is -2.04. The molecule has 0 saturated carbocycles. The first-order chi connectivity index (χ1) is 7.13. The Labute approximate surface area is 96.0 Å². The number of rotatable bonds is 3. The quantitative estimate of drug-likeness (QED) is 0.604. The van der Waals surface area contributed by atoms with Crippen LogP contribution in [0.25, 0.3) is 0 Å². The first-order valence-electron chi connectivity index (χ1n) is 4.22. The predicted molar refractivity (Wildman–Crippen MR) is 59.3 cm³/mol. The van der Waals surface area contributed by atoms with Crippen LogP contribution in [0.2, 0.25) is 0 Å². The van der Waals surface area contributed by atoms with Crippen molar-refractivity contribution in [2.45, 2.75) is 18.2 Å². The van der Waals surface area contributed by atoms with E-state index in [4.69, 9.17) is 17.0 Å². The highest BCUT2D eigenvalue weighted by molar-refractivity contribution is 8.22. The smallest absolute Gasteiger partial charge is 0.280 e. The Morgan fingerprint density at radius 2 is 2.33 bits per heavy atom. The first kappa shape index (κ1) is 12.3. The van der Waals surface area contributed by atoms with Crippen molar-refractivity contribution in [3.63, 3.8) is 0 Å². The van der Waals surface area contributed by atoms with Gasteiger partial charge in [0.25, 0.3) is 6.43 Å². The Bertz CT molecular complexity index is 329. The topological polar surface area (TPSA) is 22.1 Å². The molecule has 0 aliphatic rings. The monoisotopic (exact) mass is 249 g/mol. The molecular formula is C9H9F2NOS2. The van der Waals surface area contributed by atoms with Crippen LogP contribution in [-0.4, -0.2) is 16.0 Å². The third kappa shape index (κ3) is 4.09. The number of hydrogen-bond donors (Lipinski definition) is 0. The molecule has 0 aliphatic carbocycles. The van der Waals surface area contributed by atoms with E-state index in [2.05, 4.69) is 4.98 Å². The number of aromatic nitrogens is 1. The number of alkyl halides is 2. The number of nitrogens with zero attached hydrogens (tertiary/aromatic N) is 1. The fourth-order valence-corrected chi connectivity index (χ4v) is 1.84. The first-order valence-corrected chi connectivity index (χ1v) is 5.44. The van der Waals surface area contributed by atoms with Crippen LogP contribution in [0.15, 0.2) is 23.2 Å². The van der Waals surface area contributed by atoms with E-state index in [-0.39, 0.29) is 5.69 Å². The third-order valence-corrected chi connectivity index (χ3v) is 2.58. The zero-order valence-electron chi connectivity index (χ0n) is 7.94. The number of pyridine rings is 1. The third-order valence-electron chi connectivity index (χ3n) is 1.45. The second-order valence-electron chi connectivity index (χ2n) is 2.50. The van der Waals surface area contributed by atoms with Crippen LogP contribution in [0.4, 0.5) is 8.78 Å². The summed E-state index contributed by atoms with van der Waals surface area (Å²) in [5.41, 5.74) is -0.235. The van der Waals surface area contributed by atoms with Crippen LogP contribution in [0.1, 0.15) is 19.0 Å². The molecule has 0 bridgehead atoms. The maximum atomic E-state index is 12.2. The van der Waals surface area contributed by atoms with Crippen LogP contribution in [0.5, 0.6) is 0 Å². The summed E-state index contributed by atoms with van der Waals surface area (Å²) in [4.78, 5) is 4.30. The summed E-state index contributed by atoms with van der Waals surface area (Å²) < 4.78 is 29.7. The molecular weight excluding hydrogens is 240 g/mol. The summed E-state index contributed by atoms with van der Waals surface area (Å²) in [6, 6.07) is 2.83. The van der Waals surface area contributed by atoms with Crippen LogP contribution in [0, 0.1) is 0 Å². The van der Waals surface area contributed by atoms with Crippen molar-refractivity contribution in [2.24, 2.45) is 0 Å². The minimum absolute atomic E-state index is 0.235. The van der Waals surface area contributed by atoms with Gasteiger partial charge in [-0.15, -0.1) is 0 Å². The fourth-order valence-electron chi connectivity index (χ4n) is 0.825. The SMILES string of the molecule is CCOC(=S)Sc1ccc(C(F)F)nc1. The second-order valence-corrected chi connectivity index (χ2v) is 4.18. The zero-order chi connectivity index (χ0) is 11.3. The fraction of sp³-hybridized carbons (Fsp3) is 0.333. The molecule has 0 atom stereocenters. The Kier molecular flexibility index (Phi) is 4.90. The number of ether oxygens (including phenoxy) is 1. The lowest BCUT2D eigenvalue weighted by Crippen LogP contribution is -1.96. The van der Waals surface area contributed by atoms with Crippen molar-refractivity contribution < 1.29 is 13.5 Å². The van der Waals surface area contributed by atoms with Gasteiger partial charge in [0.1, 0.15) is 5.69 Å². The molecule has 15 heavy (non-hydrogen) atoms. The highest BCUT2D eigenvalue weighted by atomic mass is 32.2. The molecule has 0 amide bonds. The lowest BCUT2D eigenvalue weighted by atomic mass is 10.4. The molecule has 1 aromatic rings. The van der Waals surface area contributed by atoms with Gasteiger partial charge in [-0.05, 0) is 43.0 Å². The summed E-state index contributed by atoms with van der Waals surface area (Å²) in [5.74, 6) is 0. The molecule has 6 heteroatoms. The minimum atomic E-state index is -2.54. The van der Waals surface area contributed by atoms with Crippen molar-refractivity contribution in [3.05, 3.63) is 24.0 Å². The van der Waals surface area contributed by atoms with Crippen molar-refractivity contribution in [2.75, 3.05) is 6.61 Å². The zero-order valence-corrected chi connectivity index (χ0v) is 9.58. The Balaban J connectivity index is 2.60. The van der Waals surface area contributed by atoms with E-state index in [0.717, 1.165) is 0 Å². The van der Waals surface area contributed by atoms with Gasteiger partial charge in [-0.25, -0.2) is 8.78 Å². The van der Waals surface area contributed by atoms with E-state index in [1.54, 1.807) is 6.07 Å². The van der Waals surface area contributed by atoms with Crippen molar-refractivity contribution in [1.29, 1.82) is 0 Å². The molecule has 82 valence electrons. The van der Waals surface area contributed by atoms with Gasteiger partial charge in [0.15, 0.2) is 0 Å². The van der Waals surface area contributed by atoms with Crippen LogP contribution >= 0.6 is 24.0 Å². The van der Waals surface area contributed by atoms with Gasteiger partial charge in [0.05, 0.1) is 6.61 Å². The van der Waals surface area contributed by atoms with Crippen LogP contribution < -0.4 is 0 Å². The van der Waals surface area contributed by atoms with E-state index >= 15 is 0 Å². The van der Waals surface area contributed by atoms with E-state index < -0.39 is 6.43 Å². The summed E-state index contributed by atoms with van der Waals surface area (Å²) in [6.07, 6.45) is -1.18. The Hall–Kier alpha value is -0.750. The van der Waals surface area contributed by atoms with Crippen molar-refractivity contribution >= 4 is 28.4 Å². The number of thioether (sulfide) groups is 1. The van der Waals surface area contributed by atoms with Crippen LogP contribution in [-0.2, 0) is 4.74 Å². The molecule has 1 heterocycles. The highest BCUT2D eigenvalue weighted by Gasteiger charge is 2.08. The molecule has 0 aliphatic heterocycles. The van der Waals surface area contributed by atoms with E-state index in [9.17, 15) is 8.78 Å². The van der Waals surface area contributed by atoms with Gasteiger partial charge in [-0.3, -0.25) is 4.98 Å². The van der Waals surface area contributed by atoms with Gasteiger partial charge in [0, 0.05) is 11.1 Å². The lowest BCUT2D eigenvalue weighted by molar-refractivity contribution is 0.146. The minimum Gasteiger partial charge on any atom is -0.479 e. The maximum Gasteiger partial charge on any atom is 0.280 e. The van der Waals surface area contributed by atoms with Crippen molar-refractivity contribution in [3.8, 4) is 0 Å². The second kappa shape index (κ2) is 5.97. The van der Waals surface area contributed by atoms with Gasteiger partial charge in [-0.1, -0.05) is 0 Å². The molecule has 1 aromatic heterocycles. The average Bonchev–Trinajstić information content (AvgIpc) is 2.18. The molecule has 0 N–H and O–H groups in total.